The molecule has 11 heteroatoms. The van der Waals surface area contributed by atoms with Crippen molar-refractivity contribution in [3.8, 4) is 11.4 Å². The highest BCUT2D eigenvalue weighted by Gasteiger charge is 2.17. The minimum atomic E-state index is -0.632. The average Bonchev–Trinajstić information content (AvgIpc) is 3.20. The van der Waals surface area contributed by atoms with Crippen molar-refractivity contribution in [2.45, 2.75) is 40.2 Å². The molecule has 0 fully saturated rings. The van der Waals surface area contributed by atoms with E-state index in [0.717, 1.165) is 5.69 Å². The molecule has 11 nitrogen and oxygen atoms in total. The summed E-state index contributed by atoms with van der Waals surface area (Å²) >= 11 is 0. The number of carbonyl (C=O) groups excluding carboxylic acids is 1. The van der Waals surface area contributed by atoms with Gasteiger partial charge in [-0.3, -0.25) is 5.32 Å². The summed E-state index contributed by atoms with van der Waals surface area (Å²) < 4.78 is 17.3. The second kappa shape index (κ2) is 12.7. The van der Waals surface area contributed by atoms with E-state index in [0.29, 0.717) is 47.5 Å². The number of fused-ring (bicyclic) bond motifs is 1. The Morgan fingerprint density at radius 2 is 1.79 bits per heavy atom. The number of benzene rings is 2. The summed E-state index contributed by atoms with van der Waals surface area (Å²) in [5, 5.41) is 5.82. The van der Waals surface area contributed by atoms with Crippen molar-refractivity contribution in [2.24, 2.45) is 0 Å². The predicted octanol–water partition coefficient (Wildman–Crippen LogP) is 5.25. The van der Waals surface area contributed by atoms with Crippen LogP contribution in [0.15, 0.2) is 59.5 Å². The second-order valence-electron chi connectivity index (χ2n) is 8.86. The van der Waals surface area contributed by atoms with Gasteiger partial charge in [-0.15, -0.1) is 0 Å². The van der Waals surface area contributed by atoms with Crippen LogP contribution in [0.4, 0.5) is 22.1 Å². The Balaban J connectivity index is 0.00000195. The third kappa shape index (κ3) is 7.56. The molecule has 4 rings (SSSR count). The highest BCUT2D eigenvalue weighted by molar-refractivity contribution is 5.85. The van der Waals surface area contributed by atoms with E-state index in [4.69, 9.17) is 14.2 Å². The summed E-state index contributed by atoms with van der Waals surface area (Å²) in [6.07, 6.45) is 0.947. The number of methoxy groups -OCH3 is 1. The molecule has 0 spiro atoms. The van der Waals surface area contributed by atoms with Crippen molar-refractivity contribution in [3.63, 3.8) is 0 Å². The molecule has 2 aromatic heterocycles. The van der Waals surface area contributed by atoms with Crippen molar-refractivity contribution >= 4 is 34.6 Å². The van der Waals surface area contributed by atoms with E-state index in [1.54, 1.807) is 52.1 Å². The summed E-state index contributed by atoms with van der Waals surface area (Å²) in [6.45, 7) is 10.3. The van der Waals surface area contributed by atoms with E-state index in [1.165, 1.54) is 10.8 Å². The maximum atomic E-state index is 12.8. The number of aromatic amines is 1. The smallest absolute Gasteiger partial charge is 0.412 e. The van der Waals surface area contributed by atoms with Gasteiger partial charge in [0.25, 0.3) is 0 Å². The number of aromatic nitrogens is 4. The van der Waals surface area contributed by atoms with E-state index in [1.807, 2.05) is 38.1 Å². The number of rotatable bonds is 8. The molecule has 0 atom stereocenters. The molecule has 2 heterocycles. The van der Waals surface area contributed by atoms with Gasteiger partial charge in [-0.2, -0.15) is 4.98 Å². The van der Waals surface area contributed by atoms with Gasteiger partial charge < -0.3 is 24.5 Å². The van der Waals surface area contributed by atoms with Gasteiger partial charge >= 0.3 is 11.8 Å². The molecule has 3 N–H and O–H groups in total. The lowest BCUT2D eigenvalue weighted by Gasteiger charge is -2.19. The Labute approximate surface area is 221 Å². The highest BCUT2D eigenvalue weighted by Crippen LogP contribution is 2.21. The Morgan fingerprint density at radius 3 is 2.47 bits per heavy atom. The minimum absolute atomic E-state index is 0.311. The Morgan fingerprint density at radius 1 is 1.05 bits per heavy atom. The van der Waals surface area contributed by atoms with Crippen molar-refractivity contribution in [2.75, 3.05) is 31.0 Å². The lowest BCUT2D eigenvalue weighted by atomic mass is 10.2. The molecular formula is C27H34N6O5. The fourth-order valence-corrected chi connectivity index (χ4v) is 3.35. The van der Waals surface area contributed by atoms with Crippen LogP contribution in [-0.2, 0) is 9.47 Å². The van der Waals surface area contributed by atoms with Crippen LogP contribution >= 0.6 is 0 Å². The van der Waals surface area contributed by atoms with E-state index < -0.39 is 11.7 Å². The number of H-pyrrole nitrogens is 1. The first-order chi connectivity index (χ1) is 18.2. The number of nitrogens with one attached hydrogen (secondary N) is 3. The van der Waals surface area contributed by atoms with Crippen molar-refractivity contribution < 1.29 is 19.0 Å². The maximum Gasteiger partial charge on any atom is 0.412 e. The van der Waals surface area contributed by atoms with Gasteiger partial charge in [0.2, 0.25) is 5.95 Å². The van der Waals surface area contributed by atoms with Crippen LogP contribution in [0.3, 0.4) is 0 Å². The maximum absolute atomic E-state index is 12.8. The molecular weight excluding hydrogens is 488 g/mol. The van der Waals surface area contributed by atoms with Gasteiger partial charge in [-0.25, -0.2) is 19.1 Å². The van der Waals surface area contributed by atoms with Crippen LogP contribution < -0.4 is 21.1 Å². The number of hydrogen-bond acceptors (Lipinski definition) is 8. The van der Waals surface area contributed by atoms with Crippen LogP contribution in [0.25, 0.3) is 16.9 Å². The predicted molar refractivity (Wildman–Crippen MR) is 148 cm³/mol. The van der Waals surface area contributed by atoms with Gasteiger partial charge in [0.05, 0.1) is 18.5 Å². The van der Waals surface area contributed by atoms with Crippen LogP contribution in [0.5, 0.6) is 5.75 Å². The molecule has 0 bridgehead atoms. The number of nitrogens with zero attached hydrogens (tertiary/aromatic N) is 3. The zero-order chi connectivity index (χ0) is 27.7. The van der Waals surface area contributed by atoms with Gasteiger partial charge in [0.15, 0.2) is 5.65 Å². The molecule has 0 aliphatic carbocycles. The van der Waals surface area contributed by atoms with E-state index >= 15 is 0 Å². The molecule has 0 aliphatic rings. The van der Waals surface area contributed by atoms with Crippen LogP contribution in [0.1, 0.15) is 34.6 Å². The standard InChI is InChI=1S/C25H28N6O5.C2H6/c1-25(2,3)36-24(33)28-17-6-5-7-18(14-17)31-21-20(29-23(31)32)15-26-22(30-21)27-16-8-10-19(11-9-16)35-13-12-34-4;1-2/h5-11,14-15H,12-13H2,1-4H3,(H,28,33)(H,29,32)(H,26,27,30);1-2H3. The van der Waals surface area contributed by atoms with Crippen LogP contribution in [0.2, 0.25) is 0 Å². The van der Waals surface area contributed by atoms with Crippen LogP contribution in [-0.4, -0.2) is 51.5 Å². The Bertz CT molecular complexity index is 1410. The fourth-order valence-electron chi connectivity index (χ4n) is 3.35. The number of hydrogen-bond donors (Lipinski definition) is 3. The zero-order valence-electron chi connectivity index (χ0n) is 22.5. The third-order valence-corrected chi connectivity index (χ3v) is 4.84. The van der Waals surface area contributed by atoms with Gasteiger partial charge in [-0.1, -0.05) is 19.9 Å². The number of amides is 1. The number of anilines is 3. The largest absolute Gasteiger partial charge is 0.491 e. The quantitative estimate of drug-likeness (QED) is 0.267. The molecule has 0 saturated heterocycles. The van der Waals surface area contributed by atoms with E-state index in [2.05, 4.69) is 25.6 Å². The molecule has 0 saturated carbocycles. The Kier molecular flexibility index (Phi) is 9.44. The normalized spacial score (nSPS) is 10.9. The first-order valence-electron chi connectivity index (χ1n) is 12.3. The number of imidazole rings is 1. The van der Waals surface area contributed by atoms with Crippen molar-refractivity contribution in [3.05, 3.63) is 65.2 Å². The molecule has 0 unspecified atom stereocenters. The number of ether oxygens (including phenoxy) is 3. The monoisotopic (exact) mass is 522 g/mol. The summed E-state index contributed by atoms with van der Waals surface area (Å²) in [5.74, 6) is 1.03. The van der Waals surface area contributed by atoms with E-state index in [-0.39, 0.29) is 5.69 Å². The number of carbonyl (C=O) groups is 1. The molecule has 4 aromatic rings. The fraction of sp³-hybridized carbons (Fsp3) is 0.333. The lowest BCUT2D eigenvalue weighted by molar-refractivity contribution is 0.0636. The molecule has 0 radical (unpaired) electrons. The third-order valence-electron chi connectivity index (χ3n) is 4.84. The van der Waals surface area contributed by atoms with E-state index in [9.17, 15) is 9.59 Å². The average molecular weight is 523 g/mol. The summed E-state index contributed by atoms with van der Waals surface area (Å²) in [7, 11) is 1.62. The van der Waals surface area contributed by atoms with Gasteiger partial charge in [0.1, 0.15) is 23.5 Å². The Hall–Kier alpha value is -4.38. The van der Waals surface area contributed by atoms with Gasteiger partial charge in [-0.05, 0) is 63.2 Å². The zero-order valence-corrected chi connectivity index (χ0v) is 22.5. The first-order valence-corrected chi connectivity index (χ1v) is 12.3. The van der Waals surface area contributed by atoms with Crippen molar-refractivity contribution in [1.82, 2.24) is 19.5 Å². The van der Waals surface area contributed by atoms with Gasteiger partial charge in [0, 0.05) is 18.5 Å². The lowest BCUT2D eigenvalue weighted by Crippen LogP contribution is -2.27. The molecule has 1 amide bonds. The summed E-state index contributed by atoms with van der Waals surface area (Å²) in [4.78, 5) is 36.5. The molecule has 2 aromatic carbocycles. The SMILES string of the molecule is CC.COCCOc1ccc(Nc2ncc3[nH]c(=O)n(-c4cccc(NC(=O)OC(C)(C)C)c4)c3n2)cc1. The summed E-state index contributed by atoms with van der Waals surface area (Å²) in [5.41, 5.74) is 1.58. The van der Waals surface area contributed by atoms with Crippen LogP contribution in [0, 0.1) is 0 Å². The van der Waals surface area contributed by atoms with Crippen molar-refractivity contribution in [1.29, 1.82) is 0 Å². The molecule has 0 aliphatic heterocycles. The molecule has 202 valence electrons. The highest BCUT2D eigenvalue weighted by atomic mass is 16.6. The first kappa shape index (κ1) is 28.2. The summed E-state index contributed by atoms with van der Waals surface area (Å²) in [6, 6.07) is 14.2. The minimum Gasteiger partial charge on any atom is -0.491 e. The molecule has 38 heavy (non-hydrogen) atoms. The second-order valence-corrected chi connectivity index (χ2v) is 8.86. The topological polar surface area (TPSA) is 132 Å².